The van der Waals surface area contributed by atoms with Crippen molar-refractivity contribution in [2.75, 3.05) is 32.1 Å². The predicted molar refractivity (Wildman–Crippen MR) is 92.9 cm³/mol. The molecule has 0 rings (SSSR count). The highest BCUT2D eigenvalue weighted by Gasteiger charge is 2.50. The molecule has 0 aliphatic rings. The third-order valence-corrected chi connectivity index (χ3v) is 4.39. The van der Waals surface area contributed by atoms with Crippen molar-refractivity contribution in [3.8, 4) is 0 Å². The molecule has 142 valence electrons. The van der Waals surface area contributed by atoms with Crippen molar-refractivity contribution in [1.29, 1.82) is 0 Å². The third kappa shape index (κ3) is 7.79. The number of carbonyl (C=O) groups excluding carboxylic acids is 2. The fourth-order valence-corrected chi connectivity index (χ4v) is 2.94. The first-order chi connectivity index (χ1) is 11.7. The minimum atomic E-state index is -5.22. The molecule has 0 heterocycles. The lowest BCUT2D eigenvalue weighted by molar-refractivity contribution is -0.192. The van der Waals surface area contributed by atoms with Crippen LogP contribution in [0.4, 0.5) is 13.2 Å². The zero-order chi connectivity index (χ0) is 19.5. The molecule has 0 aliphatic carbocycles. The number of hydrogen-bond acceptors (Lipinski definition) is 6. The number of rotatable bonds is 12. The molecule has 1 amide bonds. The molecule has 0 radical (unpaired) electrons. The smallest absolute Gasteiger partial charge is 0.463 e. The van der Waals surface area contributed by atoms with Crippen LogP contribution in [0, 0.1) is 0 Å². The quantitative estimate of drug-likeness (QED) is 0.165. The first-order valence-electron chi connectivity index (χ1n) is 6.85. The number of amides is 1. The molecule has 0 spiro atoms. The van der Waals surface area contributed by atoms with Crippen LogP contribution in [0.25, 0.3) is 0 Å². The lowest BCUT2D eigenvalue weighted by Crippen LogP contribution is -2.68. The van der Waals surface area contributed by atoms with Crippen LogP contribution in [0.15, 0.2) is 25.3 Å². The number of hydrogen-bond donors (Lipinski definition) is 2. The van der Waals surface area contributed by atoms with Gasteiger partial charge in [0.25, 0.3) is 0 Å². The molecule has 0 fully saturated rings. The molecule has 0 bridgehead atoms. The van der Waals surface area contributed by atoms with Gasteiger partial charge in [-0.05, 0) is 0 Å². The summed E-state index contributed by atoms with van der Waals surface area (Å²) in [5, 5.41) is 5.32. The van der Waals surface area contributed by atoms with E-state index in [2.05, 4.69) is 28.5 Å². The molecule has 0 atom stereocenters. The Hall–Kier alpha value is -1.06. The van der Waals surface area contributed by atoms with Gasteiger partial charge < -0.3 is 4.74 Å². The van der Waals surface area contributed by atoms with Crippen LogP contribution in [-0.4, -0.2) is 60.6 Å². The van der Waals surface area contributed by atoms with Crippen LogP contribution in [0.3, 0.4) is 0 Å². The largest absolute Gasteiger partial charge is 0.471 e. The molecule has 0 unspecified atom stereocenters. The highest BCUT2D eigenvalue weighted by molar-refractivity contribution is 7.97. The van der Waals surface area contributed by atoms with Crippen LogP contribution in [0.5, 0.6) is 0 Å². The number of alkyl halides is 4. The monoisotopic (exact) mass is 419 g/mol. The second-order valence-corrected chi connectivity index (χ2v) is 6.16. The number of halogens is 4. The maximum Gasteiger partial charge on any atom is 0.471 e. The summed E-state index contributed by atoms with van der Waals surface area (Å²) in [6.07, 6.45) is -2.48. The van der Waals surface area contributed by atoms with Crippen LogP contribution >= 0.6 is 19.0 Å². The van der Waals surface area contributed by atoms with Crippen molar-refractivity contribution in [3.63, 3.8) is 0 Å². The third-order valence-electron chi connectivity index (χ3n) is 2.62. The number of esters is 1. The van der Waals surface area contributed by atoms with E-state index >= 15 is 0 Å². The van der Waals surface area contributed by atoms with Crippen molar-refractivity contribution in [2.45, 2.75) is 11.7 Å². The number of nitrogens with one attached hydrogen (secondary N) is 2. The number of nitrogens with zero attached hydrogens (tertiary/aromatic N) is 1. The molecule has 0 aromatic rings. The van der Waals surface area contributed by atoms with Gasteiger partial charge in [0.05, 0.1) is 5.88 Å². The summed E-state index contributed by atoms with van der Waals surface area (Å²) in [4.78, 5) is 23.9. The number of ether oxygens (including phenoxy) is 1. The van der Waals surface area contributed by atoms with Crippen LogP contribution < -0.4 is 10.6 Å². The number of carbonyl (C=O) groups is 2. The maximum absolute atomic E-state index is 13.0. The topological polar surface area (TPSA) is 70.7 Å². The molecule has 0 aromatic heterocycles. The molecule has 12 heteroatoms. The van der Waals surface area contributed by atoms with Gasteiger partial charge in [0.15, 0.2) is 0 Å². The van der Waals surface area contributed by atoms with Gasteiger partial charge in [0.1, 0.15) is 13.2 Å². The molecular formula is C13H18ClF3N3O3PS. The van der Waals surface area contributed by atoms with Gasteiger partial charge in [0.2, 0.25) is 5.53 Å². The van der Waals surface area contributed by atoms with E-state index in [9.17, 15) is 22.8 Å². The Labute approximate surface area is 155 Å². The fourth-order valence-electron chi connectivity index (χ4n) is 1.61. The minimum absolute atomic E-state index is 0.0200. The summed E-state index contributed by atoms with van der Waals surface area (Å²) in [7, 11) is -0.109. The summed E-state index contributed by atoms with van der Waals surface area (Å²) in [5.41, 5.74) is -1.86. The normalized spacial score (nSPS) is 11.8. The Balaban J connectivity index is 5.82. The minimum Gasteiger partial charge on any atom is -0.463 e. The van der Waals surface area contributed by atoms with Gasteiger partial charge in [-0.1, -0.05) is 24.0 Å². The van der Waals surface area contributed by atoms with E-state index in [1.54, 1.807) is 0 Å². The summed E-state index contributed by atoms with van der Waals surface area (Å²) in [5.74, 6) is -3.34. The Morgan fingerprint density at radius 2 is 1.76 bits per heavy atom. The maximum atomic E-state index is 13.0. The van der Waals surface area contributed by atoms with Crippen LogP contribution in [0.1, 0.15) is 0 Å². The summed E-state index contributed by atoms with van der Waals surface area (Å²) < 4.78 is 43.7. The summed E-state index contributed by atoms with van der Waals surface area (Å²) in [6, 6.07) is 0. The standard InChI is InChI=1S/C13H18ClF3N3O3PS/c1-3-6-18-13(24-25,19-7-4-2)20(11(22)12(15,16)17)9-10(21)23-8-5-14/h3-4,18-19H,1-2,5-9H2. The Morgan fingerprint density at radius 1 is 1.24 bits per heavy atom. The van der Waals surface area contributed by atoms with E-state index < -0.39 is 30.1 Å². The molecule has 0 saturated heterocycles. The summed E-state index contributed by atoms with van der Waals surface area (Å²) >= 11 is 10.3. The highest BCUT2D eigenvalue weighted by atomic mass is 35.5. The van der Waals surface area contributed by atoms with Gasteiger partial charge in [-0.25, -0.2) is 0 Å². The first-order valence-corrected chi connectivity index (χ1v) is 9.29. The molecule has 0 saturated carbocycles. The Kier molecular flexibility index (Phi) is 11.0. The molecule has 6 nitrogen and oxygen atoms in total. The molecule has 25 heavy (non-hydrogen) atoms. The predicted octanol–water partition coefficient (Wildman–Crippen LogP) is 1.73. The van der Waals surface area contributed by atoms with Crippen LogP contribution in [0.2, 0.25) is 0 Å². The lowest BCUT2D eigenvalue weighted by atomic mass is 10.4. The van der Waals surface area contributed by atoms with Crippen LogP contribution in [-0.2, 0) is 26.1 Å². The van der Waals surface area contributed by atoms with Gasteiger partial charge in [0, 0.05) is 20.4 Å². The molecule has 0 aliphatic heterocycles. The van der Waals surface area contributed by atoms with E-state index in [1.165, 1.54) is 12.2 Å². The zero-order valence-corrected chi connectivity index (χ0v) is 15.6. The van der Waals surface area contributed by atoms with Crippen molar-refractivity contribution in [1.82, 2.24) is 15.5 Å². The molecule has 2 N–H and O–H groups in total. The van der Waals surface area contributed by atoms with Gasteiger partial charge >= 0.3 is 18.1 Å². The van der Waals surface area contributed by atoms with Crippen molar-refractivity contribution in [3.05, 3.63) is 25.3 Å². The Bertz CT molecular complexity index is 497. The summed E-state index contributed by atoms with van der Waals surface area (Å²) in [6.45, 7) is 5.77. The second-order valence-electron chi connectivity index (χ2n) is 4.40. The van der Waals surface area contributed by atoms with Gasteiger partial charge in [-0.15, -0.1) is 24.8 Å². The SMILES string of the molecule is C=CCNC(NCC=C)(P=S)N(CC(=O)OCCCl)C(=O)C(F)(F)F. The van der Waals surface area contributed by atoms with Crippen molar-refractivity contribution >= 4 is 42.6 Å². The molecule has 0 aromatic carbocycles. The first kappa shape index (κ1) is 23.9. The highest BCUT2D eigenvalue weighted by Crippen LogP contribution is 2.28. The average molecular weight is 420 g/mol. The second kappa shape index (κ2) is 11.5. The van der Waals surface area contributed by atoms with E-state index in [1.807, 2.05) is 0 Å². The average Bonchev–Trinajstić information content (AvgIpc) is 2.57. The van der Waals surface area contributed by atoms with Gasteiger partial charge in [-0.2, -0.15) is 13.2 Å². The van der Waals surface area contributed by atoms with Crippen molar-refractivity contribution in [2.24, 2.45) is 0 Å². The van der Waals surface area contributed by atoms with Gasteiger partial charge in [-0.3, -0.25) is 25.1 Å². The lowest BCUT2D eigenvalue weighted by Gasteiger charge is -2.40. The van der Waals surface area contributed by atoms with E-state index in [0.29, 0.717) is 0 Å². The van der Waals surface area contributed by atoms with E-state index in [-0.39, 0.29) is 37.8 Å². The van der Waals surface area contributed by atoms with E-state index in [4.69, 9.17) is 23.4 Å². The zero-order valence-electron chi connectivity index (χ0n) is 13.1. The Morgan fingerprint density at radius 3 is 2.12 bits per heavy atom. The fraction of sp³-hybridized carbons (Fsp3) is 0.538. The van der Waals surface area contributed by atoms with Crippen molar-refractivity contribution < 1.29 is 27.5 Å². The van der Waals surface area contributed by atoms with E-state index in [0.717, 1.165) is 0 Å². The molecular weight excluding hydrogens is 402 g/mol.